The molecule has 21 heavy (non-hydrogen) atoms. The standard InChI is InChI=1S/C14H28N6O/c1-6-15-12-17-13(19-14(18-12)21-9-4)16-11(5)10-20(7-2)8-3/h11H,6-10H2,1-5H3,(H2,15,16,17,18,19). The van der Waals surface area contributed by atoms with Crippen molar-refractivity contribution in [2.75, 3.05) is 43.4 Å². The maximum atomic E-state index is 5.39. The molecule has 1 atom stereocenters. The van der Waals surface area contributed by atoms with Crippen LogP contribution in [0.25, 0.3) is 0 Å². The van der Waals surface area contributed by atoms with Crippen molar-refractivity contribution in [2.24, 2.45) is 0 Å². The molecule has 0 spiro atoms. The Balaban J connectivity index is 2.75. The summed E-state index contributed by atoms with van der Waals surface area (Å²) >= 11 is 0. The van der Waals surface area contributed by atoms with Crippen molar-refractivity contribution in [1.29, 1.82) is 0 Å². The van der Waals surface area contributed by atoms with Crippen molar-refractivity contribution in [2.45, 2.75) is 40.7 Å². The quantitative estimate of drug-likeness (QED) is 0.682. The van der Waals surface area contributed by atoms with E-state index in [4.69, 9.17) is 4.74 Å². The molecule has 1 aromatic heterocycles. The third-order valence-corrected chi connectivity index (χ3v) is 3.03. The van der Waals surface area contributed by atoms with Crippen LogP contribution in [0.1, 0.15) is 34.6 Å². The SMILES string of the molecule is CCNc1nc(NC(C)CN(CC)CC)nc(OCC)n1. The first-order chi connectivity index (χ1) is 10.1. The molecule has 0 saturated carbocycles. The monoisotopic (exact) mass is 296 g/mol. The molecule has 1 heterocycles. The Labute approximate surface area is 127 Å². The van der Waals surface area contributed by atoms with Gasteiger partial charge in [-0.05, 0) is 33.9 Å². The van der Waals surface area contributed by atoms with Crippen molar-refractivity contribution < 1.29 is 4.74 Å². The van der Waals surface area contributed by atoms with E-state index < -0.39 is 0 Å². The second kappa shape index (κ2) is 9.33. The maximum Gasteiger partial charge on any atom is 0.323 e. The van der Waals surface area contributed by atoms with Gasteiger partial charge in [-0.1, -0.05) is 13.8 Å². The third kappa shape index (κ3) is 6.12. The van der Waals surface area contributed by atoms with Crippen LogP contribution in [-0.4, -0.2) is 58.7 Å². The molecule has 2 N–H and O–H groups in total. The Morgan fingerprint density at radius 1 is 1.05 bits per heavy atom. The van der Waals surface area contributed by atoms with Gasteiger partial charge in [-0.15, -0.1) is 0 Å². The number of hydrogen-bond acceptors (Lipinski definition) is 7. The molecule has 0 aliphatic carbocycles. The van der Waals surface area contributed by atoms with E-state index in [2.05, 4.69) is 51.3 Å². The largest absolute Gasteiger partial charge is 0.464 e. The predicted molar refractivity (Wildman–Crippen MR) is 86.0 cm³/mol. The summed E-state index contributed by atoms with van der Waals surface area (Å²) in [6.45, 7) is 14.7. The van der Waals surface area contributed by atoms with E-state index in [1.807, 2.05) is 13.8 Å². The van der Waals surface area contributed by atoms with Gasteiger partial charge in [0.05, 0.1) is 6.61 Å². The fraction of sp³-hybridized carbons (Fsp3) is 0.786. The van der Waals surface area contributed by atoms with Gasteiger partial charge in [0.2, 0.25) is 11.9 Å². The minimum absolute atomic E-state index is 0.247. The van der Waals surface area contributed by atoms with Crippen molar-refractivity contribution in [3.8, 4) is 6.01 Å². The number of anilines is 2. The summed E-state index contributed by atoms with van der Waals surface area (Å²) in [7, 11) is 0. The highest BCUT2D eigenvalue weighted by atomic mass is 16.5. The number of rotatable bonds is 10. The van der Waals surface area contributed by atoms with Crippen LogP contribution in [0, 0.1) is 0 Å². The molecule has 0 fully saturated rings. The number of nitrogens with one attached hydrogen (secondary N) is 2. The minimum atomic E-state index is 0.247. The number of nitrogens with zero attached hydrogens (tertiary/aromatic N) is 4. The molecule has 0 aliphatic rings. The highest BCUT2D eigenvalue weighted by Crippen LogP contribution is 2.12. The molecule has 0 saturated heterocycles. The molecule has 1 rings (SSSR count). The summed E-state index contributed by atoms with van der Waals surface area (Å²) in [6.07, 6.45) is 0. The van der Waals surface area contributed by atoms with E-state index in [1.54, 1.807) is 0 Å². The molecule has 0 bridgehead atoms. The van der Waals surface area contributed by atoms with Crippen LogP contribution in [0.15, 0.2) is 0 Å². The topological polar surface area (TPSA) is 75.2 Å². The average Bonchev–Trinajstić information content (AvgIpc) is 2.45. The van der Waals surface area contributed by atoms with Gasteiger partial charge in [-0.25, -0.2) is 0 Å². The minimum Gasteiger partial charge on any atom is -0.464 e. The molecule has 7 heteroatoms. The van der Waals surface area contributed by atoms with Crippen LogP contribution in [0.4, 0.5) is 11.9 Å². The Hall–Kier alpha value is -1.63. The first kappa shape index (κ1) is 17.4. The molecule has 1 aromatic rings. The van der Waals surface area contributed by atoms with Crippen LogP contribution in [0.3, 0.4) is 0 Å². The Morgan fingerprint density at radius 2 is 1.71 bits per heavy atom. The van der Waals surface area contributed by atoms with Crippen molar-refractivity contribution >= 4 is 11.9 Å². The number of ether oxygens (including phenoxy) is 1. The molecular formula is C14H28N6O. The Bertz CT molecular complexity index is 386. The van der Waals surface area contributed by atoms with Gasteiger partial charge < -0.3 is 20.3 Å². The fourth-order valence-corrected chi connectivity index (χ4v) is 1.99. The third-order valence-electron chi connectivity index (χ3n) is 3.03. The number of aromatic nitrogens is 3. The van der Waals surface area contributed by atoms with Gasteiger partial charge in [-0.3, -0.25) is 0 Å². The highest BCUT2D eigenvalue weighted by molar-refractivity contribution is 5.36. The van der Waals surface area contributed by atoms with Crippen LogP contribution < -0.4 is 15.4 Å². The lowest BCUT2D eigenvalue weighted by molar-refractivity contribution is 0.293. The molecule has 0 aliphatic heterocycles. The van der Waals surface area contributed by atoms with Gasteiger partial charge in [0, 0.05) is 19.1 Å². The summed E-state index contributed by atoms with van der Waals surface area (Å²) < 4.78 is 5.39. The summed E-state index contributed by atoms with van der Waals surface area (Å²) in [6, 6.07) is 0.595. The zero-order chi connectivity index (χ0) is 15.7. The predicted octanol–water partition coefficient (Wildman–Crippen LogP) is 1.84. The lowest BCUT2D eigenvalue weighted by Gasteiger charge is -2.23. The molecule has 0 aromatic carbocycles. The highest BCUT2D eigenvalue weighted by Gasteiger charge is 2.11. The molecule has 7 nitrogen and oxygen atoms in total. The summed E-state index contributed by atoms with van der Waals surface area (Å²) in [4.78, 5) is 15.2. The molecule has 0 amide bonds. The first-order valence-corrected chi connectivity index (χ1v) is 7.74. The van der Waals surface area contributed by atoms with E-state index in [9.17, 15) is 0 Å². The van der Waals surface area contributed by atoms with Gasteiger partial charge in [0.1, 0.15) is 0 Å². The van der Waals surface area contributed by atoms with Gasteiger partial charge >= 0.3 is 6.01 Å². The van der Waals surface area contributed by atoms with Crippen molar-refractivity contribution in [3.63, 3.8) is 0 Å². The Morgan fingerprint density at radius 3 is 2.29 bits per heavy atom. The van der Waals surface area contributed by atoms with Crippen molar-refractivity contribution in [3.05, 3.63) is 0 Å². The van der Waals surface area contributed by atoms with E-state index >= 15 is 0 Å². The van der Waals surface area contributed by atoms with Crippen LogP contribution in [0.2, 0.25) is 0 Å². The Kier molecular flexibility index (Phi) is 7.74. The summed E-state index contributed by atoms with van der Waals surface area (Å²) in [5.41, 5.74) is 0. The van der Waals surface area contributed by atoms with E-state index in [0.29, 0.717) is 24.5 Å². The fourth-order valence-electron chi connectivity index (χ4n) is 1.99. The van der Waals surface area contributed by atoms with Crippen LogP contribution >= 0.6 is 0 Å². The summed E-state index contributed by atoms with van der Waals surface area (Å²) in [5.74, 6) is 1.08. The molecule has 120 valence electrons. The van der Waals surface area contributed by atoms with Gasteiger partial charge in [0.15, 0.2) is 0 Å². The van der Waals surface area contributed by atoms with Gasteiger partial charge in [-0.2, -0.15) is 15.0 Å². The lowest BCUT2D eigenvalue weighted by atomic mass is 10.3. The summed E-state index contributed by atoms with van der Waals surface area (Å²) in [5, 5.41) is 6.41. The average molecular weight is 296 g/mol. The molecule has 0 radical (unpaired) electrons. The normalized spacial score (nSPS) is 12.3. The van der Waals surface area contributed by atoms with E-state index in [-0.39, 0.29) is 6.04 Å². The second-order valence-electron chi connectivity index (χ2n) is 4.76. The first-order valence-electron chi connectivity index (χ1n) is 7.74. The molecule has 1 unspecified atom stereocenters. The zero-order valence-electron chi connectivity index (χ0n) is 13.8. The second-order valence-corrected chi connectivity index (χ2v) is 4.76. The lowest BCUT2D eigenvalue weighted by Crippen LogP contribution is -2.35. The van der Waals surface area contributed by atoms with Gasteiger partial charge in [0.25, 0.3) is 0 Å². The van der Waals surface area contributed by atoms with Crippen LogP contribution in [0.5, 0.6) is 6.01 Å². The zero-order valence-corrected chi connectivity index (χ0v) is 13.8. The van der Waals surface area contributed by atoms with Crippen LogP contribution in [-0.2, 0) is 0 Å². The number of likely N-dealkylation sites (N-methyl/N-ethyl adjacent to an activating group) is 1. The van der Waals surface area contributed by atoms with E-state index in [0.717, 1.165) is 26.2 Å². The van der Waals surface area contributed by atoms with Crippen molar-refractivity contribution in [1.82, 2.24) is 19.9 Å². The maximum absolute atomic E-state index is 5.39. The smallest absolute Gasteiger partial charge is 0.323 e. The molecular weight excluding hydrogens is 268 g/mol. The van der Waals surface area contributed by atoms with E-state index in [1.165, 1.54) is 0 Å². The number of hydrogen-bond donors (Lipinski definition) is 2.